The van der Waals surface area contributed by atoms with Crippen LogP contribution in [-0.2, 0) is 13.0 Å². The van der Waals surface area contributed by atoms with E-state index in [1.165, 1.54) is 0 Å². The second-order valence-corrected chi connectivity index (χ2v) is 7.60. The minimum atomic E-state index is 0. The minimum absolute atomic E-state index is 0. The van der Waals surface area contributed by atoms with Crippen LogP contribution in [0, 0.1) is 0 Å². The zero-order chi connectivity index (χ0) is 22.6. The number of tetrazole rings is 1. The van der Waals surface area contributed by atoms with Gasteiger partial charge in [0, 0.05) is 22.7 Å². The third-order valence-electron chi connectivity index (χ3n) is 5.59. The van der Waals surface area contributed by atoms with Crippen molar-refractivity contribution in [1.82, 2.24) is 25.6 Å². The lowest BCUT2D eigenvalue weighted by molar-refractivity contribution is 0.309. The molecule has 5 rings (SSSR count). The number of para-hydroxylation sites is 1. The molecule has 7 nitrogen and oxygen atoms in total. The number of methoxy groups -OCH3 is 1. The number of hydrogen-bond donors (Lipinski definition) is 1. The average molecular weight is 474 g/mol. The SMILES string of the molecule is CCc1cc(OCc2ccc(-c3ccccc3-c3nnn[nH]3)cc2)c2cccc(OC)c2n1.Cl. The summed E-state index contributed by atoms with van der Waals surface area (Å²) in [6, 6.07) is 24.3. The van der Waals surface area contributed by atoms with E-state index in [1.54, 1.807) is 7.11 Å². The van der Waals surface area contributed by atoms with Crippen LogP contribution < -0.4 is 9.47 Å². The van der Waals surface area contributed by atoms with E-state index in [9.17, 15) is 0 Å². The number of halogens is 1. The molecule has 0 saturated heterocycles. The second-order valence-electron chi connectivity index (χ2n) is 7.60. The highest BCUT2D eigenvalue weighted by Gasteiger charge is 2.12. The number of aromatic nitrogens is 5. The lowest BCUT2D eigenvalue weighted by Gasteiger charge is -2.13. The van der Waals surface area contributed by atoms with E-state index in [0.29, 0.717) is 12.4 Å². The Morgan fingerprint density at radius 2 is 1.68 bits per heavy atom. The molecule has 34 heavy (non-hydrogen) atoms. The largest absolute Gasteiger partial charge is 0.494 e. The van der Waals surface area contributed by atoms with Crippen molar-refractivity contribution in [3.05, 3.63) is 84.1 Å². The fourth-order valence-electron chi connectivity index (χ4n) is 3.86. The summed E-state index contributed by atoms with van der Waals surface area (Å²) in [6.07, 6.45) is 0.819. The summed E-state index contributed by atoms with van der Waals surface area (Å²) in [4.78, 5) is 4.73. The van der Waals surface area contributed by atoms with E-state index in [0.717, 1.165) is 56.8 Å². The highest BCUT2D eigenvalue weighted by Crippen LogP contribution is 2.33. The van der Waals surface area contributed by atoms with Crippen molar-refractivity contribution < 1.29 is 9.47 Å². The molecule has 0 aliphatic rings. The predicted octanol–water partition coefficient (Wildman–Crippen LogP) is 5.65. The van der Waals surface area contributed by atoms with Crippen molar-refractivity contribution >= 4 is 23.3 Å². The molecule has 0 fully saturated rings. The number of benzene rings is 3. The molecule has 0 radical (unpaired) electrons. The van der Waals surface area contributed by atoms with Crippen molar-refractivity contribution in [2.45, 2.75) is 20.0 Å². The van der Waals surface area contributed by atoms with Crippen molar-refractivity contribution in [2.24, 2.45) is 0 Å². The van der Waals surface area contributed by atoms with Crippen LogP contribution >= 0.6 is 12.4 Å². The van der Waals surface area contributed by atoms with E-state index in [2.05, 4.69) is 57.9 Å². The van der Waals surface area contributed by atoms with Crippen LogP contribution in [-0.4, -0.2) is 32.7 Å². The van der Waals surface area contributed by atoms with E-state index >= 15 is 0 Å². The van der Waals surface area contributed by atoms with Gasteiger partial charge in [-0.25, -0.2) is 10.1 Å². The Kier molecular flexibility index (Phi) is 7.04. The normalized spacial score (nSPS) is 10.6. The Labute approximate surface area is 203 Å². The van der Waals surface area contributed by atoms with E-state index in [-0.39, 0.29) is 12.4 Å². The van der Waals surface area contributed by atoms with Gasteiger partial charge in [-0.1, -0.05) is 61.5 Å². The zero-order valence-electron chi connectivity index (χ0n) is 18.9. The summed E-state index contributed by atoms with van der Waals surface area (Å²) in [7, 11) is 1.66. The molecule has 0 bridgehead atoms. The number of H-pyrrole nitrogens is 1. The molecule has 0 amide bonds. The Morgan fingerprint density at radius 3 is 2.38 bits per heavy atom. The highest BCUT2D eigenvalue weighted by atomic mass is 35.5. The molecule has 3 aromatic carbocycles. The molecule has 2 aromatic heterocycles. The Balaban J connectivity index is 0.00000274. The predicted molar refractivity (Wildman–Crippen MR) is 134 cm³/mol. The van der Waals surface area contributed by atoms with Crippen molar-refractivity contribution in [3.63, 3.8) is 0 Å². The topological polar surface area (TPSA) is 85.8 Å². The Morgan fingerprint density at radius 1 is 0.882 bits per heavy atom. The van der Waals surface area contributed by atoms with Crippen LogP contribution in [0.25, 0.3) is 33.4 Å². The van der Waals surface area contributed by atoms with Gasteiger partial charge in [-0.3, -0.25) is 0 Å². The molecule has 0 saturated carbocycles. The molecule has 0 aliphatic heterocycles. The van der Waals surface area contributed by atoms with E-state index in [1.807, 2.05) is 42.5 Å². The number of pyridine rings is 1. The maximum Gasteiger partial charge on any atom is 0.180 e. The van der Waals surface area contributed by atoms with Gasteiger partial charge in [0.05, 0.1) is 7.11 Å². The van der Waals surface area contributed by atoms with Gasteiger partial charge in [0.1, 0.15) is 23.6 Å². The molecular formula is C26H24ClN5O2. The van der Waals surface area contributed by atoms with Gasteiger partial charge < -0.3 is 9.47 Å². The first-order valence-corrected chi connectivity index (χ1v) is 10.8. The zero-order valence-corrected chi connectivity index (χ0v) is 19.7. The van der Waals surface area contributed by atoms with Crippen LogP contribution in [0.1, 0.15) is 18.2 Å². The molecule has 8 heteroatoms. The van der Waals surface area contributed by atoms with Gasteiger partial charge in [0.15, 0.2) is 5.82 Å². The average Bonchev–Trinajstić information content (AvgIpc) is 3.42. The molecular weight excluding hydrogens is 450 g/mol. The van der Waals surface area contributed by atoms with Crippen LogP contribution in [0.2, 0.25) is 0 Å². The third-order valence-corrected chi connectivity index (χ3v) is 5.59. The van der Waals surface area contributed by atoms with Gasteiger partial charge >= 0.3 is 0 Å². The molecule has 172 valence electrons. The summed E-state index contributed by atoms with van der Waals surface area (Å²) < 4.78 is 11.8. The number of aromatic amines is 1. The second kappa shape index (κ2) is 10.3. The van der Waals surface area contributed by atoms with Crippen molar-refractivity contribution in [1.29, 1.82) is 0 Å². The molecule has 5 aromatic rings. The Hall–Kier alpha value is -3.97. The van der Waals surface area contributed by atoms with Gasteiger partial charge in [-0.2, -0.15) is 0 Å². The summed E-state index contributed by atoms with van der Waals surface area (Å²) in [6.45, 7) is 2.53. The van der Waals surface area contributed by atoms with Gasteiger partial charge in [-0.05, 0) is 45.7 Å². The van der Waals surface area contributed by atoms with Gasteiger partial charge in [-0.15, -0.1) is 17.5 Å². The molecule has 0 unspecified atom stereocenters. The third kappa shape index (κ3) is 4.56. The van der Waals surface area contributed by atoms with Gasteiger partial charge in [0.25, 0.3) is 0 Å². The first-order valence-electron chi connectivity index (χ1n) is 10.8. The molecule has 0 spiro atoms. The van der Waals surface area contributed by atoms with Crippen LogP contribution in [0.15, 0.2) is 72.8 Å². The van der Waals surface area contributed by atoms with E-state index in [4.69, 9.17) is 14.5 Å². The smallest absolute Gasteiger partial charge is 0.180 e. The molecule has 1 N–H and O–H groups in total. The maximum atomic E-state index is 6.25. The lowest BCUT2D eigenvalue weighted by atomic mass is 9.98. The summed E-state index contributed by atoms with van der Waals surface area (Å²) in [5.41, 5.74) is 5.96. The molecule has 0 atom stereocenters. The lowest BCUT2D eigenvalue weighted by Crippen LogP contribution is -1.99. The number of nitrogens with zero attached hydrogens (tertiary/aromatic N) is 4. The van der Waals surface area contributed by atoms with Crippen molar-refractivity contribution in [3.8, 4) is 34.0 Å². The number of hydrogen-bond acceptors (Lipinski definition) is 6. The number of aryl methyl sites for hydroxylation is 1. The summed E-state index contributed by atoms with van der Waals surface area (Å²) >= 11 is 0. The fraction of sp³-hybridized carbons (Fsp3) is 0.154. The summed E-state index contributed by atoms with van der Waals surface area (Å²) in [5.74, 6) is 2.20. The number of nitrogens with one attached hydrogen (secondary N) is 1. The van der Waals surface area contributed by atoms with Crippen LogP contribution in [0.4, 0.5) is 0 Å². The highest BCUT2D eigenvalue weighted by molar-refractivity contribution is 5.90. The molecule has 0 aliphatic carbocycles. The monoisotopic (exact) mass is 473 g/mol. The fourth-order valence-corrected chi connectivity index (χ4v) is 3.86. The van der Waals surface area contributed by atoms with Crippen LogP contribution in [0.5, 0.6) is 11.5 Å². The standard InChI is InChI=1S/C26H23N5O2.ClH/c1-3-19-15-24(22-9-6-10-23(32-2)25(22)27-19)33-16-17-11-13-18(14-12-17)20-7-4-5-8-21(20)26-28-30-31-29-26;/h4-15H,3,16H2,1-2H3,(H,28,29,30,31);1H. The quantitative estimate of drug-likeness (QED) is 0.328. The van der Waals surface area contributed by atoms with Crippen LogP contribution in [0.3, 0.4) is 0 Å². The number of fused-ring (bicyclic) bond motifs is 1. The number of ether oxygens (including phenoxy) is 2. The van der Waals surface area contributed by atoms with E-state index < -0.39 is 0 Å². The molecule has 2 heterocycles. The summed E-state index contributed by atoms with van der Waals surface area (Å²) in [5, 5.41) is 15.2. The van der Waals surface area contributed by atoms with Crippen molar-refractivity contribution in [2.75, 3.05) is 7.11 Å². The minimum Gasteiger partial charge on any atom is -0.494 e. The van der Waals surface area contributed by atoms with Gasteiger partial charge in [0.2, 0.25) is 0 Å². The number of rotatable bonds is 7. The Bertz CT molecular complexity index is 1390. The maximum absolute atomic E-state index is 6.25. The first kappa shape index (κ1) is 23.2. The first-order chi connectivity index (χ1) is 16.3.